The highest BCUT2D eigenvalue weighted by atomic mass is 16.4. The van der Waals surface area contributed by atoms with Gasteiger partial charge in [0.15, 0.2) is 0 Å². The molecule has 0 saturated heterocycles. The topological polar surface area (TPSA) is 66.6 Å². The molecule has 0 fully saturated rings. The summed E-state index contributed by atoms with van der Waals surface area (Å²) in [6.45, 7) is 4.45. The maximum Gasteiger partial charge on any atom is 0.407 e. The Hall–Kier alpha value is -0.770. The molecule has 0 aromatic heterocycles. The third kappa shape index (κ3) is 2.23. The van der Waals surface area contributed by atoms with Gasteiger partial charge in [0, 0.05) is 19.1 Å². The highest BCUT2D eigenvalue weighted by Crippen LogP contribution is 1.96. The summed E-state index contributed by atoms with van der Waals surface area (Å²) in [5, 5.41) is 8.55. The minimum absolute atomic E-state index is 0.0810. The Kier molecular flexibility index (Phi) is 3.79. The molecule has 0 saturated carbocycles. The van der Waals surface area contributed by atoms with Crippen molar-refractivity contribution in [3.63, 3.8) is 0 Å². The largest absolute Gasteiger partial charge is 0.465 e. The van der Waals surface area contributed by atoms with E-state index in [0.29, 0.717) is 13.1 Å². The van der Waals surface area contributed by atoms with E-state index in [-0.39, 0.29) is 6.04 Å². The second kappa shape index (κ2) is 4.11. The molecule has 0 aliphatic rings. The Balaban J connectivity index is 3.92. The summed E-state index contributed by atoms with van der Waals surface area (Å²) in [4.78, 5) is 11.7. The molecule has 60 valence electrons. The van der Waals surface area contributed by atoms with Crippen LogP contribution in [0.1, 0.15) is 13.8 Å². The fraction of sp³-hybridized carbons (Fsp3) is 0.833. The number of amides is 1. The second-order valence-corrected chi connectivity index (χ2v) is 2.15. The van der Waals surface area contributed by atoms with Crippen molar-refractivity contribution in [3.8, 4) is 0 Å². The molecular weight excluding hydrogens is 132 g/mol. The lowest BCUT2D eigenvalue weighted by molar-refractivity contribution is 0.132. The predicted octanol–water partition coefficient (Wildman–Crippen LogP) is 0.334. The smallest absolute Gasteiger partial charge is 0.407 e. The van der Waals surface area contributed by atoms with Gasteiger partial charge in [-0.3, -0.25) is 0 Å². The third-order valence-electron chi connectivity index (χ3n) is 1.46. The third-order valence-corrected chi connectivity index (χ3v) is 1.46. The van der Waals surface area contributed by atoms with Crippen LogP contribution in [-0.4, -0.2) is 35.2 Å². The number of likely N-dealkylation sites (N-methyl/N-ethyl adjacent to an activating group) is 1. The van der Waals surface area contributed by atoms with E-state index in [1.54, 1.807) is 13.8 Å². The monoisotopic (exact) mass is 146 g/mol. The molecule has 0 heterocycles. The summed E-state index contributed by atoms with van der Waals surface area (Å²) in [7, 11) is 0. The fourth-order valence-electron chi connectivity index (χ4n) is 0.763. The predicted molar refractivity (Wildman–Crippen MR) is 38.9 cm³/mol. The molecule has 0 spiro atoms. The Labute approximate surface area is 60.6 Å². The number of hydrogen-bond acceptors (Lipinski definition) is 2. The zero-order valence-corrected chi connectivity index (χ0v) is 6.37. The molecule has 0 bridgehead atoms. The molecule has 1 atom stereocenters. The van der Waals surface area contributed by atoms with E-state index in [0.717, 1.165) is 0 Å². The van der Waals surface area contributed by atoms with Crippen LogP contribution in [0, 0.1) is 0 Å². The molecule has 0 unspecified atom stereocenters. The maximum absolute atomic E-state index is 10.4. The lowest BCUT2D eigenvalue weighted by Gasteiger charge is -2.23. The Morgan fingerprint density at radius 3 is 2.40 bits per heavy atom. The first-order valence-electron chi connectivity index (χ1n) is 3.33. The van der Waals surface area contributed by atoms with Gasteiger partial charge < -0.3 is 15.7 Å². The average molecular weight is 146 g/mol. The van der Waals surface area contributed by atoms with Crippen LogP contribution in [0.25, 0.3) is 0 Å². The van der Waals surface area contributed by atoms with Gasteiger partial charge in [0.05, 0.1) is 0 Å². The van der Waals surface area contributed by atoms with Crippen molar-refractivity contribution in [2.45, 2.75) is 19.9 Å². The molecule has 4 nitrogen and oxygen atoms in total. The van der Waals surface area contributed by atoms with E-state index in [4.69, 9.17) is 10.8 Å². The molecule has 0 aromatic rings. The van der Waals surface area contributed by atoms with E-state index < -0.39 is 6.09 Å². The zero-order chi connectivity index (χ0) is 8.15. The van der Waals surface area contributed by atoms with E-state index in [2.05, 4.69) is 0 Å². The van der Waals surface area contributed by atoms with Gasteiger partial charge in [-0.25, -0.2) is 4.79 Å². The molecule has 0 aliphatic heterocycles. The van der Waals surface area contributed by atoms with E-state index in [1.165, 1.54) is 4.90 Å². The van der Waals surface area contributed by atoms with Crippen molar-refractivity contribution in [1.29, 1.82) is 0 Å². The lowest BCUT2D eigenvalue weighted by atomic mass is 10.3. The zero-order valence-electron chi connectivity index (χ0n) is 6.37. The van der Waals surface area contributed by atoms with Crippen LogP contribution >= 0.6 is 0 Å². The van der Waals surface area contributed by atoms with Crippen molar-refractivity contribution in [3.05, 3.63) is 0 Å². The van der Waals surface area contributed by atoms with Gasteiger partial charge in [0.1, 0.15) is 0 Å². The number of carbonyl (C=O) groups is 1. The lowest BCUT2D eigenvalue weighted by Crippen LogP contribution is -2.41. The van der Waals surface area contributed by atoms with Gasteiger partial charge in [-0.05, 0) is 13.8 Å². The van der Waals surface area contributed by atoms with Crippen molar-refractivity contribution >= 4 is 6.09 Å². The Morgan fingerprint density at radius 2 is 2.30 bits per heavy atom. The van der Waals surface area contributed by atoms with Crippen LogP contribution in [0.4, 0.5) is 4.79 Å². The maximum atomic E-state index is 10.4. The molecular formula is C6H14N2O2. The van der Waals surface area contributed by atoms with E-state index in [9.17, 15) is 4.79 Å². The van der Waals surface area contributed by atoms with Crippen LogP contribution in [0.2, 0.25) is 0 Å². The summed E-state index contributed by atoms with van der Waals surface area (Å²) in [5.41, 5.74) is 5.28. The summed E-state index contributed by atoms with van der Waals surface area (Å²) in [6.07, 6.45) is -0.902. The summed E-state index contributed by atoms with van der Waals surface area (Å²) >= 11 is 0. The summed E-state index contributed by atoms with van der Waals surface area (Å²) < 4.78 is 0. The SMILES string of the molecule is CCN(C(=O)O)[C@@H](C)CN. The highest BCUT2D eigenvalue weighted by molar-refractivity contribution is 5.65. The van der Waals surface area contributed by atoms with Gasteiger partial charge in [-0.1, -0.05) is 0 Å². The van der Waals surface area contributed by atoms with E-state index >= 15 is 0 Å². The first-order chi connectivity index (χ1) is 4.63. The molecule has 1 amide bonds. The van der Waals surface area contributed by atoms with Gasteiger partial charge in [0.2, 0.25) is 0 Å². The first-order valence-corrected chi connectivity index (χ1v) is 3.33. The van der Waals surface area contributed by atoms with Crippen molar-refractivity contribution in [2.75, 3.05) is 13.1 Å². The molecule has 4 heteroatoms. The Bertz CT molecular complexity index is 116. The number of nitrogens with two attached hydrogens (primary N) is 1. The summed E-state index contributed by atoms with van der Waals surface area (Å²) in [5.74, 6) is 0. The first kappa shape index (κ1) is 9.23. The van der Waals surface area contributed by atoms with Gasteiger partial charge >= 0.3 is 6.09 Å². The van der Waals surface area contributed by atoms with Crippen molar-refractivity contribution in [1.82, 2.24) is 4.90 Å². The second-order valence-electron chi connectivity index (χ2n) is 2.15. The minimum atomic E-state index is -0.902. The van der Waals surface area contributed by atoms with Gasteiger partial charge in [0.25, 0.3) is 0 Å². The molecule has 0 aromatic carbocycles. The normalized spacial score (nSPS) is 12.7. The van der Waals surface area contributed by atoms with Crippen molar-refractivity contribution < 1.29 is 9.90 Å². The van der Waals surface area contributed by atoms with Gasteiger partial charge in [-0.2, -0.15) is 0 Å². The molecule has 0 radical (unpaired) electrons. The van der Waals surface area contributed by atoms with Crippen molar-refractivity contribution in [2.24, 2.45) is 5.73 Å². The summed E-state index contributed by atoms with van der Waals surface area (Å²) in [6, 6.07) is -0.0810. The van der Waals surface area contributed by atoms with Crippen LogP contribution in [0.15, 0.2) is 0 Å². The van der Waals surface area contributed by atoms with Gasteiger partial charge in [-0.15, -0.1) is 0 Å². The quantitative estimate of drug-likeness (QED) is 0.603. The molecule has 0 aliphatic carbocycles. The standard InChI is InChI=1S/C6H14N2O2/c1-3-8(6(9)10)5(2)4-7/h5H,3-4,7H2,1-2H3,(H,9,10)/t5-/m0/s1. The van der Waals surface area contributed by atoms with E-state index in [1.807, 2.05) is 0 Å². The number of nitrogens with zero attached hydrogens (tertiary/aromatic N) is 1. The number of carboxylic acid groups (broad SMARTS) is 1. The number of rotatable bonds is 3. The van der Waals surface area contributed by atoms with Crippen LogP contribution < -0.4 is 5.73 Å². The van der Waals surface area contributed by atoms with Crippen LogP contribution in [0.3, 0.4) is 0 Å². The molecule has 10 heavy (non-hydrogen) atoms. The van der Waals surface area contributed by atoms with Crippen LogP contribution in [0.5, 0.6) is 0 Å². The van der Waals surface area contributed by atoms with Crippen LogP contribution in [-0.2, 0) is 0 Å². The minimum Gasteiger partial charge on any atom is -0.465 e. The Morgan fingerprint density at radius 1 is 1.80 bits per heavy atom. The average Bonchev–Trinajstić information content (AvgIpc) is 1.88. The fourth-order valence-corrected chi connectivity index (χ4v) is 0.763. The highest BCUT2D eigenvalue weighted by Gasteiger charge is 2.14. The number of hydrogen-bond donors (Lipinski definition) is 2. The molecule has 0 rings (SSSR count). The molecule has 3 N–H and O–H groups in total.